The van der Waals surface area contributed by atoms with Crippen LogP contribution in [-0.2, 0) is 0 Å². The Morgan fingerprint density at radius 3 is 1.79 bits per heavy atom. The fourth-order valence-corrected chi connectivity index (χ4v) is 3.62. The van der Waals surface area contributed by atoms with Crippen molar-refractivity contribution in [3.05, 3.63) is 95.0 Å². The van der Waals surface area contributed by atoms with Gasteiger partial charge in [0.2, 0.25) is 0 Å². The van der Waals surface area contributed by atoms with E-state index >= 15 is 0 Å². The summed E-state index contributed by atoms with van der Waals surface area (Å²) in [6.45, 7) is 0. The van der Waals surface area contributed by atoms with E-state index in [2.05, 4.69) is 60.7 Å². The van der Waals surface area contributed by atoms with Gasteiger partial charge in [0.1, 0.15) is 0 Å². The molecule has 0 spiro atoms. The van der Waals surface area contributed by atoms with E-state index in [1.54, 1.807) is 6.07 Å². The Labute approximate surface area is 151 Å². The highest BCUT2D eigenvalue weighted by Crippen LogP contribution is 2.38. The molecule has 0 atom stereocenters. The van der Waals surface area contributed by atoms with Crippen LogP contribution >= 0.6 is 23.2 Å². The Hall–Kier alpha value is -2.28. The third kappa shape index (κ3) is 2.69. The van der Waals surface area contributed by atoms with Gasteiger partial charge < -0.3 is 0 Å². The van der Waals surface area contributed by atoms with Crippen LogP contribution in [0.1, 0.15) is 0 Å². The molecule has 4 aromatic carbocycles. The molecule has 0 saturated carbocycles. The maximum absolute atomic E-state index is 6.44. The molecule has 0 nitrogen and oxygen atoms in total. The first-order valence-electron chi connectivity index (χ1n) is 7.76. The Morgan fingerprint density at radius 1 is 0.500 bits per heavy atom. The first-order chi connectivity index (χ1) is 11.7. The van der Waals surface area contributed by atoms with Gasteiger partial charge in [0.05, 0.1) is 0 Å². The lowest BCUT2D eigenvalue weighted by Crippen LogP contribution is -1.86. The van der Waals surface area contributed by atoms with E-state index in [4.69, 9.17) is 23.2 Å². The van der Waals surface area contributed by atoms with Gasteiger partial charge in [0.15, 0.2) is 0 Å². The fourth-order valence-electron chi connectivity index (χ4n) is 3.11. The molecule has 0 amide bonds. The van der Waals surface area contributed by atoms with Gasteiger partial charge in [-0.1, -0.05) is 96.0 Å². The molecule has 0 heterocycles. The smallest absolute Gasteiger partial charge is 0.0499 e. The third-order valence-corrected chi connectivity index (χ3v) is 4.78. The van der Waals surface area contributed by atoms with Gasteiger partial charge in [-0.25, -0.2) is 0 Å². The summed E-state index contributed by atoms with van der Waals surface area (Å²) in [5.74, 6) is 0. The number of benzene rings is 4. The lowest BCUT2D eigenvalue weighted by atomic mass is 9.92. The lowest BCUT2D eigenvalue weighted by Gasteiger charge is -2.13. The summed E-state index contributed by atoms with van der Waals surface area (Å²) in [6, 6.07) is 28.8. The van der Waals surface area contributed by atoms with Crippen LogP contribution < -0.4 is 0 Å². The van der Waals surface area contributed by atoms with Crippen molar-refractivity contribution in [2.75, 3.05) is 0 Å². The first-order valence-corrected chi connectivity index (χ1v) is 8.52. The van der Waals surface area contributed by atoms with Crippen molar-refractivity contribution in [3.63, 3.8) is 0 Å². The average Bonchev–Trinajstić information content (AvgIpc) is 2.62. The van der Waals surface area contributed by atoms with Gasteiger partial charge in [-0.15, -0.1) is 0 Å². The van der Waals surface area contributed by atoms with E-state index in [1.165, 1.54) is 21.9 Å². The molecule has 116 valence electrons. The highest BCUT2D eigenvalue weighted by Gasteiger charge is 2.11. The van der Waals surface area contributed by atoms with Crippen LogP contribution in [0.15, 0.2) is 84.9 Å². The van der Waals surface area contributed by atoms with Crippen LogP contribution in [0, 0.1) is 0 Å². The van der Waals surface area contributed by atoms with Crippen LogP contribution in [0.25, 0.3) is 33.0 Å². The monoisotopic (exact) mass is 348 g/mol. The van der Waals surface area contributed by atoms with E-state index in [-0.39, 0.29) is 0 Å². The van der Waals surface area contributed by atoms with Crippen LogP contribution in [0.5, 0.6) is 0 Å². The molecule has 0 unspecified atom stereocenters. The second kappa shape index (κ2) is 6.32. The lowest BCUT2D eigenvalue weighted by molar-refractivity contribution is 1.62. The minimum absolute atomic E-state index is 0.647. The molecule has 0 fully saturated rings. The maximum atomic E-state index is 6.44. The number of hydrogen-bond donors (Lipinski definition) is 0. The molecule has 0 aliphatic heterocycles. The van der Waals surface area contributed by atoms with Gasteiger partial charge >= 0.3 is 0 Å². The van der Waals surface area contributed by atoms with Crippen molar-refractivity contribution in [1.82, 2.24) is 0 Å². The van der Waals surface area contributed by atoms with Gasteiger partial charge in [-0.2, -0.15) is 0 Å². The second-order valence-electron chi connectivity index (χ2n) is 5.70. The number of rotatable bonds is 2. The van der Waals surface area contributed by atoms with Crippen molar-refractivity contribution in [2.45, 2.75) is 0 Å². The van der Waals surface area contributed by atoms with E-state index in [1.807, 2.05) is 18.2 Å². The summed E-state index contributed by atoms with van der Waals surface area (Å²) in [5, 5.41) is 3.71. The molecule has 4 aromatic rings. The van der Waals surface area contributed by atoms with Crippen molar-refractivity contribution >= 4 is 34.0 Å². The van der Waals surface area contributed by atoms with Gasteiger partial charge in [0.25, 0.3) is 0 Å². The Kier molecular flexibility index (Phi) is 4.02. The van der Waals surface area contributed by atoms with E-state index in [9.17, 15) is 0 Å². The van der Waals surface area contributed by atoms with Crippen LogP contribution in [0.2, 0.25) is 10.0 Å². The molecule has 4 rings (SSSR count). The third-order valence-electron chi connectivity index (χ3n) is 4.23. The van der Waals surface area contributed by atoms with Crippen molar-refractivity contribution in [3.8, 4) is 22.3 Å². The molecular weight excluding hydrogens is 335 g/mol. The minimum Gasteiger partial charge on any atom is -0.0843 e. The summed E-state index contributed by atoms with van der Waals surface area (Å²) in [6.07, 6.45) is 0. The van der Waals surface area contributed by atoms with Crippen molar-refractivity contribution < 1.29 is 0 Å². The molecule has 0 radical (unpaired) electrons. The predicted molar refractivity (Wildman–Crippen MR) is 105 cm³/mol. The van der Waals surface area contributed by atoms with Gasteiger partial charge in [0, 0.05) is 15.6 Å². The van der Waals surface area contributed by atoms with Crippen molar-refractivity contribution in [2.24, 2.45) is 0 Å². The number of fused-ring (bicyclic) bond motifs is 1. The minimum atomic E-state index is 0.647. The molecule has 24 heavy (non-hydrogen) atoms. The molecule has 0 aromatic heterocycles. The maximum Gasteiger partial charge on any atom is 0.0499 e. The molecule has 2 heteroatoms. The fraction of sp³-hybridized carbons (Fsp3) is 0. The largest absolute Gasteiger partial charge is 0.0843 e. The second-order valence-corrected chi connectivity index (χ2v) is 6.54. The molecule has 0 N–H and O–H groups in total. The summed E-state index contributed by atoms with van der Waals surface area (Å²) in [4.78, 5) is 0. The normalized spacial score (nSPS) is 10.9. The predicted octanol–water partition coefficient (Wildman–Crippen LogP) is 7.48. The SMILES string of the molecule is Clc1ccc(-c2ccc(-c3ccccc3)c3ccccc23)c(Cl)c1. The molecular formula is C22H14Cl2. The van der Waals surface area contributed by atoms with Gasteiger partial charge in [-0.3, -0.25) is 0 Å². The topological polar surface area (TPSA) is 0 Å². The molecule has 0 bridgehead atoms. The highest BCUT2D eigenvalue weighted by molar-refractivity contribution is 6.36. The van der Waals surface area contributed by atoms with E-state index in [0.717, 1.165) is 11.1 Å². The van der Waals surface area contributed by atoms with Crippen LogP contribution in [-0.4, -0.2) is 0 Å². The van der Waals surface area contributed by atoms with Crippen LogP contribution in [0.3, 0.4) is 0 Å². The average molecular weight is 349 g/mol. The Balaban J connectivity index is 2.00. The zero-order chi connectivity index (χ0) is 16.5. The highest BCUT2D eigenvalue weighted by atomic mass is 35.5. The van der Waals surface area contributed by atoms with Gasteiger partial charge in [-0.05, 0) is 39.6 Å². The van der Waals surface area contributed by atoms with E-state index < -0.39 is 0 Å². The quantitative estimate of drug-likeness (QED) is 0.352. The summed E-state index contributed by atoms with van der Waals surface area (Å²) in [7, 11) is 0. The Bertz CT molecular complexity index is 1020. The molecule has 0 saturated heterocycles. The number of hydrogen-bond acceptors (Lipinski definition) is 0. The van der Waals surface area contributed by atoms with Crippen LogP contribution in [0.4, 0.5) is 0 Å². The first kappa shape index (κ1) is 15.3. The molecule has 0 aliphatic rings. The number of halogens is 2. The zero-order valence-corrected chi connectivity index (χ0v) is 14.4. The van der Waals surface area contributed by atoms with E-state index in [0.29, 0.717) is 10.0 Å². The summed E-state index contributed by atoms with van der Waals surface area (Å²) >= 11 is 12.5. The summed E-state index contributed by atoms with van der Waals surface area (Å²) in [5.41, 5.74) is 4.55. The standard InChI is InChI=1S/C22H14Cl2/c23-16-10-11-21(22(24)14-16)20-13-12-17(15-6-2-1-3-7-15)18-8-4-5-9-19(18)20/h1-14H. The van der Waals surface area contributed by atoms with Crippen molar-refractivity contribution in [1.29, 1.82) is 0 Å². The Morgan fingerprint density at radius 2 is 1.08 bits per heavy atom. The zero-order valence-electron chi connectivity index (χ0n) is 12.8. The summed E-state index contributed by atoms with van der Waals surface area (Å²) < 4.78 is 0. The molecule has 0 aliphatic carbocycles.